The van der Waals surface area contributed by atoms with Gasteiger partial charge in [0, 0.05) is 19.6 Å². The largest absolute Gasteiger partial charge is 0.381 e. The summed E-state index contributed by atoms with van der Waals surface area (Å²) in [7, 11) is 0. The van der Waals surface area contributed by atoms with Crippen LogP contribution in [0.5, 0.6) is 0 Å². The van der Waals surface area contributed by atoms with E-state index in [1.54, 1.807) is 0 Å². The fourth-order valence-corrected chi connectivity index (χ4v) is 2.33. The van der Waals surface area contributed by atoms with Gasteiger partial charge in [0.2, 0.25) is 0 Å². The summed E-state index contributed by atoms with van der Waals surface area (Å²) in [6, 6.07) is 8.05. The molecular formula is C16H22N2O2. The van der Waals surface area contributed by atoms with E-state index in [0.717, 1.165) is 29.8 Å². The molecule has 2 aromatic rings. The van der Waals surface area contributed by atoms with E-state index in [-0.39, 0.29) is 5.78 Å². The van der Waals surface area contributed by atoms with Gasteiger partial charge in [-0.25, -0.2) is 4.98 Å². The normalized spacial score (nSPS) is 11.1. The minimum atomic E-state index is 0.186. The Balaban J connectivity index is 2.16. The van der Waals surface area contributed by atoms with Crippen LogP contribution < -0.4 is 0 Å². The summed E-state index contributed by atoms with van der Waals surface area (Å²) in [6.07, 6.45) is 1.88. The molecule has 1 aromatic heterocycles. The van der Waals surface area contributed by atoms with Crippen molar-refractivity contribution >= 4 is 16.8 Å². The maximum atomic E-state index is 12.0. The molecule has 0 unspecified atom stereocenters. The highest BCUT2D eigenvalue weighted by molar-refractivity contribution is 5.82. The van der Waals surface area contributed by atoms with Gasteiger partial charge in [0.25, 0.3) is 0 Å². The molecule has 1 aromatic carbocycles. The molecule has 4 nitrogen and oxygen atoms in total. The summed E-state index contributed by atoms with van der Waals surface area (Å²) in [5.74, 6) is 1.06. The third kappa shape index (κ3) is 3.45. The highest BCUT2D eigenvalue weighted by Gasteiger charge is 2.13. The van der Waals surface area contributed by atoms with Gasteiger partial charge in [-0.3, -0.25) is 4.79 Å². The molecule has 0 radical (unpaired) electrons. The Morgan fingerprint density at radius 1 is 1.30 bits per heavy atom. The lowest BCUT2D eigenvalue weighted by molar-refractivity contribution is -0.119. The first-order valence-corrected chi connectivity index (χ1v) is 7.29. The van der Waals surface area contributed by atoms with E-state index in [2.05, 4.69) is 22.5 Å². The number of ether oxygens (including phenoxy) is 1. The van der Waals surface area contributed by atoms with Gasteiger partial charge in [0.1, 0.15) is 11.6 Å². The van der Waals surface area contributed by atoms with Crippen LogP contribution in [-0.2, 0) is 22.5 Å². The number of carbonyl (C=O) groups is 1. The van der Waals surface area contributed by atoms with Crippen LogP contribution in [0.1, 0.15) is 32.5 Å². The Hall–Kier alpha value is -1.68. The van der Waals surface area contributed by atoms with Crippen LogP contribution in [0.3, 0.4) is 0 Å². The third-order valence-corrected chi connectivity index (χ3v) is 3.27. The molecule has 0 aliphatic rings. The fourth-order valence-electron chi connectivity index (χ4n) is 2.33. The lowest BCUT2D eigenvalue weighted by atomic mass is 10.2. The Labute approximate surface area is 119 Å². The number of rotatable bonds is 8. The number of aryl methyl sites for hydroxylation is 1. The molecule has 4 heteroatoms. The van der Waals surface area contributed by atoms with E-state index in [1.165, 1.54) is 0 Å². The van der Waals surface area contributed by atoms with Crippen molar-refractivity contribution in [1.82, 2.24) is 9.55 Å². The number of hydrogen-bond donors (Lipinski definition) is 0. The number of Topliss-reactive ketones (excluding diaryl/α,β-unsaturated/α-hetero) is 1. The number of fused-ring (bicyclic) bond motifs is 1. The summed E-state index contributed by atoms with van der Waals surface area (Å²) in [5, 5.41) is 0. The predicted octanol–water partition coefficient (Wildman–Crippen LogP) is 2.98. The van der Waals surface area contributed by atoms with E-state index < -0.39 is 0 Å². The van der Waals surface area contributed by atoms with Gasteiger partial charge in [-0.1, -0.05) is 19.1 Å². The molecule has 0 bridgehead atoms. The zero-order valence-electron chi connectivity index (χ0n) is 12.3. The number of ketones is 1. The first-order valence-electron chi connectivity index (χ1n) is 7.29. The molecule has 0 saturated carbocycles. The molecule has 0 atom stereocenters. The van der Waals surface area contributed by atoms with Crippen LogP contribution in [-0.4, -0.2) is 28.5 Å². The number of imidazole rings is 1. The number of aromatic nitrogens is 2. The highest BCUT2D eigenvalue weighted by Crippen LogP contribution is 2.17. The molecule has 0 aliphatic heterocycles. The monoisotopic (exact) mass is 274 g/mol. The fraction of sp³-hybridized carbons (Fsp3) is 0.500. The number of nitrogens with zero attached hydrogens (tertiary/aromatic N) is 2. The van der Waals surface area contributed by atoms with Crippen molar-refractivity contribution in [3.05, 3.63) is 30.1 Å². The molecule has 20 heavy (non-hydrogen) atoms. The summed E-state index contributed by atoms with van der Waals surface area (Å²) < 4.78 is 7.39. The molecule has 1 heterocycles. The summed E-state index contributed by atoms with van der Waals surface area (Å²) in [6.45, 7) is 6.13. The van der Waals surface area contributed by atoms with Gasteiger partial charge >= 0.3 is 0 Å². The molecule has 0 fully saturated rings. The minimum absolute atomic E-state index is 0.186. The van der Waals surface area contributed by atoms with Crippen molar-refractivity contribution in [2.45, 2.75) is 39.7 Å². The first kappa shape index (κ1) is 14.7. The van der Waals surface area contributed by atoms with E-state index >= 15 is 0 Å². The lowest BCUT2D eigenvalue weighted by Crippen LogP contribution is -2.12. The minimum Gasteiger partial charge on any atom is -0.381 e. The van der Waals surface area contributed by atoms with Crippen LogP contribution in [0.4, 0.5) is 0 Å². The zero-order valence-corrected chi connectivity index (χ0v) is 12.3. The number of carbonyl (C=O) groups excluding carboxylic acids is 1. The lowest BCUT2D eigenvalue weighted by Gasteiger charge is -2.07. The molecule has 0 saturated heterocycles. The van der Waals surface area contributed by atoms with Crippen LogP contribution in [0.25, 0.3) is 11.0 Å². The molecule has 2 rings (SSSR count). The maximum absolute atomic E-state index is 12.0. The van der Waals surface area contributed by atoms with E-state index in [9.17, 15) is 4.79 Å². The molecule has 0 spiro atoms. The second-order valence-electron chi connectivity index (χ2n) is 4.83. The number of para-hydroxylation sites is 2. The molecule has 0 aliphatic carbocycles. The Bertz CT molecular complexity index is 575. The van der Waals surface area contributed by atoms with Crippen molar-refractivity contribution < 1.29 is 9.53 Å². The smallest absolute Gasteiger partial charge is 0.142 e. The Kier molecular flexibility index (Phi) is 5.30. The Morgan fingerprint density at radius 3 is 2.85 bits per heavy atom. The van der Waals surface area contributed by atoms with E-state index in [1.807, 2.05) is 25.1 Å². The van der Waals surface area contributed by atoms with Crippen molar-refractivity contribution in [2.75, 3.05) is 13.2 Å². The third-order valence-electron chi connectivity index (χ3n) is 3.27. The van der Waals surface area contributed by atoms with E-state index in [4.69, 9.17) is 4.74 Å². The summed E-state index contributed by atoms with van der Waals surface area (Å²) in [4.78, 5) is 16.6. The van der Waals surface area contributed by atoms with Gasteiger partial charge in [0.05, 0.1) is 24.1 Å². The van der Waals surface area contributed by atoms with Gasteiger partial charge in [0.15, 0.2) is 0 Å². The summed E-state index contributed by atoms with van der Waals surface area (Å²) >= 11 is 0. The standard InChI is InChI=1S/C16H22N2O2/c1-3-10-18-15-8-6-5-7-14(15)17-16(18)12-13(19)9-11-20-4-2/h5-8H,3-4,9-12H2,1-2H3. The zero-order chi connectivity index (χ0) is 14.4. The van der Waals surface area contributed by atoms with Gasteiger partial charge in [-0.15, -0.1) is 0 Å². The molecule has 0 N–H and O–H groups in total. The van der Waals surface area contributed by atoms with Crippen molar-refractivity contribution in [3.63, 3.8) is 0 Å². The number of hydrogen-bond acceptors (Lipinski definition) is 3. The Morgan fingerprint density at radius 2 is 2.10 bits per heavy atom. The van der Waals surface area contributed by atoms with Crippen molar-refractivity contribution in [1.29, 1.82) is 0 Å². The van der Waals surface area contributed by atoms with Crippen LogP contribution in [0.2, 0.25) is 0 Å². The van der Waals surface area contributed by atoms with Gasteiger partial charge in [-0.05, 0) is 25.5 Å². The highest BCUT2D eigenvalue weighted by atomic mass is 16.5. The average molecular weight is 274 g/mol. The molecule has 108 valence electrons. The maximum Gasteiger partial charge on any atom is 0.142 e. The van der Waals surface area contributed by atoms with Crippen molar-refractivity contribution in [2.24, 2.45) is 0 Å². The van der Waals surface area contributed by atoms with Crippen LogP contribution >= 0.6 is 0 Å². The van der Waals surface area contributed by atoms with Crippen LogP contribution in [0, 0.1) is 0 Å². The number of benzene rings is 1. The summed E-state index contributed by atoms with van der Waals surface area (Å²) in [5.41, 5.74) is 2.08. The molecule has 0 amide bonds. The quantitative estimate of drug-likeness (QED) is 0.695. The predicted molar refractivity (Wildman–Crippen MR) is 79.8 cm³/mol. The van der Waals surface area contributed by atoms with Gasteiger partial charge < -0.3 is 9.30 Å². The average Bonchev–Trinajstić information content (AvgIpc) is 2.78. The second kappa shape index (κ2) is 7.20. The topological polar surface area (TPSA) is 44.1 Å². The van der Waals surface area contributed by atoms with Crippen molar-refractivity contribution in [3.8, 4) is 0 Å². The van der Waals surface area contributed by atoms with Gasteiger partial charge in [-0.2, -0.15) is 0 Å². The second-order valence-corrected chi connectivity index (χ2v) is 4.83. The van der Waals surface area contributed by atoms with Crippen LogP contribution in [0.15, 0.2) is 24.3 Å². The molecular weight excluding hydrogens is 252 g/mol. The van der Waals surface area contributed by atoms with E-state index in [0.29, 0.717) is 26.1 Å². The first-order chi connectivity index (χ1) is 9.76. The SMILES string of the molecule is CCCn1c(CC(=O)CCOCC)nc2ccccc21.